The summed E-state index contributed by atoms with van der Waals surface area (Å²) in [5.74, 6) is 1.52. The number of hydrogen-bond donors (Lipinski definition) is 2. The summed E-state index contributed by atoms with van der Waals surface area (Å²) >= 11 is 0. The molecular weight excluding hydrogens is 304 g/mol. The van der Waals surface area contributed by atoms with Crippen LogP contribution in [-0.2, 0) is 0 Å². The Labute approximate surface area is 143 Å². The standard InChI is InChI=1S/C20H26O4/c1-4-18(24-20-11-7-17(8-12-20)15(3)22)13-23-19-9-5-16(6-10-19)14(2)21/h5-12,14-15,18,21-22H,4,13H2,1-3H3. The summed E-state index contributed by atoms with van der Waals surface area (Å²) in [6.45, 7) is 5.97. The molecule has 130 valence electrons. The molecule has 0 radical (unpaired) electrons. The average Bonchev–Trinajstić information content (AvgIpc) is 2.59. The number of rotatable bonds is 8. The van der Waals surface area contributed by atoms with E-state index in [1.807, 2.05) is 48.5 Å². The van der Waals surface area contributed by atoms with Crippen LogP contribution in [0.1, 0.15) is 50.5 Å². The maximum atomic E-state index is 9.53. The van der Waals surface area contributed by atoms with Gasteiger partial charge in [-0.25, -0.2) is 0 Å². The zero-order valence-corrected chi connectivity index (χ0v) is 14.5. The highest BCUT2D eigenvalue weighted by Crippen LogP contribution is 2.20. The Balaban J connectivity index is 1.89. The summed E-state index contributed by atoms with van der Waals surface area (Å²) in [7, 11) is 0. The predicted octanol–water partition coefficient (Wildman–Crippen LogP) is 4.03. The van der Waals surface area contributed by atoms with Crippen LogP contribution in [0.3, 0.4) is 0 Å². The molecule has 0 fully saturated rings. The first kappa shape index (κ1) is 18.3. The SMILES string of the molecule is CCC(COc1ccc(C(C)O)cc1)Oc1ccc(C(C)O)cc1. The van der Waals surface area contributed by atoms with Crippen LogP contribution in [-0.4, -0.2) is 22.9 Å². The van der Waals surface area contributed by atoms with Crippen molar-refractivity contribution in [3.8, 4) is 11.5 Å². The highest BCUT2D eigenvalue weighted by molar-refractivity contribution is 5.29. The van der Waals surface area contributed by atoms with Crippen molar-refractivity contribution in [2.24, 2.45) is 0 Å². The Bertz CT molecular complexity index is 603. The fourth-order valence-electron chi connectivity index (χ4n) is 2.28. The predicted molar refractivity (Wildman–Crippen MR) is 94.4 cm³/mol. The van der Waals surface area contributed by atoms with E-state index in [0.717, 1.165) is 29.0 Å². The van der Waals surface area contributed by atoms with Gasteiger partial charge in [0.2, 0.25) is 0 Å². The van der Waals surface area contributed by atoms with Crippen molar-refractivity contribution >= 4 is 0 Å². The van der Waals surface area contributed by atoms with Crippen LogP contribution in [0.25, 0.3) is 0 Å². The maximum absolute atomic E-state index is 9.53. The van der Waals surface area contributed by atoms with E-state index in [1.54, 1.807) is 13.8 Å². The van der Waals surface area contributed by atoms with Gasteiger partial charge < -0.3 is 19.7 Å². The second-order valence-electron chi connectivity index (χ2n) is 5.95. The monoisotopic (exact) mass is 330 g/mol. The van der Waals surface area contributed by atoms with Gasteiger partial charge in [-0.15, -0.1) is 0 Å². The van der Waals surface area contributed by atoms with Gasteiger partial charge in [0.1, 0.15) is 24.2 Å². The van der Waals surface area contributed by atoms with Crippen LogP contribution in [0.5, 0.6) is 11.5 Å². The number of aliphatic hydroxyl groups excluding tert-OH is 2. The molecule has 3 atom stereocenters. The largest absolute Gasteiger partial charge is 0.490 e. The quantitative estimate of drug-likeness (QED) is 0.767. The molecule has 24 heavy (non-hydrogen) atoms. The molecule has 0 spiro atoms. The first-order chi connectivity index (χ1) is 11.5. The first-order valence-electron chi connectivity index (χ1n) is 8.35. The minimum Gasteiger partial charge on any atom is -0.490 e. The second-order valence-corrected chi connectivity index (χ2v) is 5.95. The van der Waals surface area contributed by atoms with E-state index in [1.165, 1.54) is 0 Å². The highest BCUT2D eigenvalue weighted by Gasteiger charge is 2.10. The van der Waals surface area contributed by atoms with Gasteiger partial charge in [0, 0.05) is 0 Å². The lowest BCUT2D eigenvalue weighted by Crippen LogP contribution is -2.24. The van der Waals surface area contributed by atoms with Crippen molar-refractivity contribution in [1.82, 2.24) is 0 Å². The molecule has 0 bridgehead atoms. The Kier molecular flexibility index (Phi) is 6.64. The first-order valence-corrected chi connectivity index (χ1v) is 8.35. The zero-order valence-electron chi connectivity index (χ0n) is 14.5. The molecule has 2 aromatic carbocycles. The lowest BCUT2D eigenvalue weighted by Gasteiger charge is -2.19. The fraction of sp³-hybridized carbons (Fsp3) is 0.400. The van der Waals surface area contributed by atoms with Crippen molar-refractivity contribution in [3.05, 3.63) is 59.7 Å². The molecule has 2 N–H and O–H groups in total. The molecule has 0 aliphatic heterocycles. The van der Waals surface area contributed by atoms with E-state index in [9.17, 15) is 10.2 Å². The molecule has 2 aromatic rings. The Morgan fingerprint density at radius 2 is 1.25 bits per heavy atom. The molecule has 2 rings (SSSR count). The molecule has 0 saturated heterocycles. The molecule has 3 unspecified atom stereocenters. The molecule has 0 aromatic heterocycles. The summed E-state index contributed by atoms with van der Waals surface area (Å²) in [4.78, 5) is 0. The van der Waals surface area contributed by atoms with E-state index in [-0.39, 0.29) is 6.10 Å². The summed E-state index contributed by atoms with van der Waals surface area (Å²) in [5, 5.41) is 19.0. The van der Waals surface area contributed by atoms with Gasteiger partial charge in [0.25, 0.3) is 0 Å². The summed E-state index contributed by atoms with van der Waals surface area (Å²) in [6.07, 6.45) is -0.188. The Morgan fingerprint density at radius 1 is 0.792 bits per heavy atom. The van der Waals surface area contributed by atoms with Gasteiger partial charge in [0.05, 0.1) is 12.2 Å². The molecule has 4 heteroatoms. The Morgan fingerprint density at radius 3 is 1.67 bits per heavy atom. The van der Waals surface area contributed by atoms with Crippen LogP contribution < -0.4 is 9.47 Å². The van der Waals surface area contributed by atoms with E-state index in [2.05, 4.69) is 6.92 Å². The van der Waals surface area contributed by atoms with Crippen molar-refractivity contribution < 1.29 is 19.7 Å². The van der Waals surface area contributed by atoms with Gasteiger partial charge in [-0.2, -0.15) is 0 Å². The topological polar surface area (TPSA) is 58.9 Å². The normalized spacial score (nSPS) is 14.7. The third-order valence-corrected chi connectivity index (χ3v) is 3.92. The molecule has 0 heterocycles. The smallest absolute Gasteiger partial charge is 0.132 e. The van der Waals surface area contributed by atoms with Gasteiger partial charge in [-0.05, 0) is 55.7 Å². The van der Waals surface area contributed by atoms with Crippen LogP contribution >= 0.6 is 0 Å². The number of aliphatic hydroxyl groups is 2. The van der Waals surface area contributed by atoms with Gasteiger partial charge in [0.15, 0.2) is 0 Å². The van der Waals surface area contributed by atoms with Crippen LogP contribution in [0.2, 0.25) is 0 Å². The number of ether oxygens (including phenoxy) is 2. The van der Waals surface area contributed by atoms with Gasteiger partial charge in [-0.3, -0.25) is 0 Å². The van der Waals surface area contributed by atoms with Crippen LogP contribution in [0, 0.1) is 0 Å². The van der Waals surface area contributed by atoms with Crippen molar-refractivity contribution in [3.63, 3.8) is 0 Å². The summed E-state index contributed by atoms with van der Waals surface area (Å²) in [6, 6.07) is 14.9. The minimum atomic E-state index is -0.478. The van der Waals surface area contributed by atoms with E-state index in [4.69, 9.17) is 9.47 Å². The third-order valence-electron chi connectivity index (χ3n) is 3.92. The molecular formula is C20H26O4. The van der Waals surface area contributed by atoms with Gasteiger partial charge >= 0.3 is 0 Å². The Hall–Kier alpha value is -2.04. The third kappa shape index (κ3) is 5.25. The maximum Gasteiger partial charge on any atom is 0.132 e. The van der Waals surface area contributed by atoms with Gasteiger partial charge in [-0.1, -0.05) is 31.2 Å². The number of hydrogen-bond acceptors (Lipinski definition) is 4. The van der Waals surface area contributed by atoms with E-state index < -0.39 is 12.2 Å². The van der Waals surface area contributed by atoms with E-state index >= 15 is 0 Å². The molecule has 0 aliphatic rings. The average molecular weight is 330 g/mol. The molecule has 0 saturated carbocycles. The summed E-state index contributed by atoms with van der Waals surface area (Å²) < 4.78 is 11.7. The van der Waals surface area contributed by atoms with E-state index in [0.29, 0.717) is 6.61 Å². The van der Waals surface area contributed by atoms with Crippen molar-refractivity contribution in [2.75, 3.05) is 6.61 Å². The lowest BCUT2D eigenvalue weighted by molar-refractivity contribution is 0.125. The molecule has 0 aliphatic carbocycles. The zero-order chi connectivity index (χ0) is 17.5. The highest BCUT2D eigenvalue weighted by atomic mass is 16.5. The van der Waals surface area contributed by atoms with Crippen molar-refractivity contribution in [2.45, 2.75) is 45.5 Å². The minimum absolute atomic E-state index is 0.0566. The van der Waals surface area contributed by atoms with Crippen LogP contribution in [0.15, 0.2) is 48.5 Å². The molecule has 4 nitrogen and oxygen atoms in total. The lowest BCUT2D eigenvalue weighted by atomic mass is 10.1. The summed E-state index contributed by atoms with van der Waals surface area (Å²) in [5.41, 5.74) is 1.73. The molecule has 0 amide bonds. The second kappa shape index (κ2) is 8.71. The fourth-order valence-corrected chi connectivity index (χ4v) is 2.28. The van der Waals surface area contributed by atoms with Crippen molar-refractivity contribution in [1.29, 1.82) is 0 Å². The number of benzene rings is 2. The van der Waals surface area contributed by atoms with Crippen LogP contribution in [0.4, 0.5) is 0 Å².